The number of carbonyl (C=O) groups excluding carboxylic acids is 3. The monoisotopic (exact) mass is 484 g/mol. The summed E-state index contributed by atoms with van der Waals surface area (Å²) >= 11 is 0. The van der Waals surface area contributed by atoms with E-state index in [1.54, 1.807) is 6.92 Å². The van der Waals surface area contributed by atoms with E-state index in [4.69, 9.17) is 0 Å². The van der Waals surface area contributed by atoms with Crippen molar-refractivity contribution in [2.45, 2.75) is 44.8 Å². The highest BCUT2D eigenvalue weighted by Crippen LogP contribution is 2.31. The molecule has 0 aliphatic carbocycles. The minimum absolute atomic E-state index is 0.317. The Morgan fingerprint density at radius 2 is 1.61 bits per heavy atom. The number of imide groups is 1. The minimum atomic E-state index is -1.22. The van der Waals surface area contributed by atoms with Crippen LogP contribution in [0.25, 0.3) is 10.8 Å². The second kappa shape index (κ2) is 10.1. The van der Waals surface area contributed by atoms with Crippen LogP contribution in [-0.4, -0.2) is 47.3 Å². The van der Waals surface area contributed by atoms with Crippen LogP contribution in [0.3, 0.4) is 0 Å². The molecule has 186 valence electrons. The molecule has 0 bridgehead atoms. The fourth-order valence-corrected chi connectivity index (χ4v) is 5.17. The zero-order chi connectivity index (χ0) is 25.1. The van der Waals surface area contributed by atoms with Crippen molar-refractivity contribution < 1.29 is 14.4 Å². The number of hydrogen-bond acceptors (Lipinski definition) is 4. The van der Waals surface area contributed by atoms with E-state index in [1.165, 1.54) is 24.8 Å². The fourth-order valence-electron chi connectivity index (χ4n) is 5.17. The van der Waals surface area contributed by atoms with Gasteiger partial charge in [0.1, 0.15) is 12.1 Å². The largest absolute Gasteiger partial charge is 0.350 e. The molecule has 0 spiro atoms. The van der Waals surface area contributed by atoms with Gasteiger partial charge in [0.2, 0.25) is 5.91 Å². The maximum Gasteiger partial charge on any atom is 0.325 e. The maximum atomic E-state index is 13.3. The zero-order valence-corrected chi connectivity index (χ0v) is 20.6. The summed E-state index contributed by atoms with van der Waals surface area (Å²) in [6, 6.07) is 21.1. The lowest BCUT2D eigenvalue weighted by Crippen LogP contribution is -2.43. The maximum absolute atomic E-state index is 13.3. The van der Waals surface area contributed by atoms with Crippen LogP contribution >= 0.6 is 0 Å². The van der Waals surface area contributed by atoms with Crippen LogP contribution in [0.15, 0.2) is 66.7 Å². The van der Waals surface area contributed by atoms with E-state index in [9.17, 15) is 14.4 Å². The average Bonchev–Trinajstić information content (AvgIpc) is 3.12. The first-order valence-corrected chi connectivity index (χ1v) is 12.6. The number of nitrogens with zero attached hydrogens (tertiary/aromatic N) is 2. The van der Waals surface area contributed by atoms with E-state index < -0.39 is 17.5 Å². The molecule has 1 unspecified atom stereocenters. The Kier molecular flexibility index (Phi) is 6.74. The molecule has 2 aliphatic rings. The zero-order valence-electron chi connectivity index (χ0n) is 20.6. The quantitative estimate of drug-likeness (QED) is 0.498. The van der Waals surface area contributed by atoms with Gasteiger partial charge >= 0.3 is 6.03 Å². The fraction of sp³-hybridized carbons (Fsp3) is 0.345. The molecule has 2 N–H and O–H groups in total. The molecule has 3 aromatic rings. The van der Waals surface area contributed by atoms with Crippen LogP contribution in [0.4, 0.5) is 4.79 Å². The Balaban J connectivity index is 1.23. The van der Waals surface area contributed by atoms with Gasteiger partial charge in [0, 0.05) is 13.1 Å². The normalized spacial score (nSPS) is 20.5. The van der Waals surface area contributed by atoms with Crippen LogP contribution in [-0.2, 0) is 28.2 Å². The second-order valence-electron chi connectivity index (χ2n) is 9.89. The van der Waals surface area contributed by atoms with Gasteiger partial charge in [-0.05, 0) is 66.4 Å². The van der Waals surface area contributed by atoms with Crippen molar-refractivity contribution in [2.75, 3.05) is 19.6 Å². The molecule has 7 nitrogen and oxygen atoms in total. The van der Waals surface area contributed by atoms with Crippen LogP contribution in [0.2, 0.25) is 0 Å². The van der Waals surface area contributed by atoms with E-state index in [0.29, 0.717) is 12.1 Å². The van der Waals surface area contributed by atoms with Crippen molar-refractivity contribution in [3.63, 3.8) is 0 Å². The van der Waals surface area contributed by atoms with Gasteiger partial charge in [-0.25, -0.2) is 4.79 Å². The average molecular weight is 485 g/mol. The van der Waals surface area contributed by atoms with Crippen LogP contribution < -0.4 is 10.6 Å². The van der Waals surface area contributed by atoms with E-state index in [-0.39, 0.29) is 12.5 Å². The number of hydrogen-bond donors (Lipinski definition) is 2. The number of urea groups is 1. The van der Waals surface area contributed by atoms with E-state index in [2.05, 4.69) is 21.6 Å². The van der Waals surface area contributed by atoms with Crippen molar-refractivity contribution in [3.8, 4) is 0 Å². The summed E-state index contributed by atoms with van der Waals surface area (Å²) in [6.07, 6.45) is 3.74. The Morgan fingerprint density at radius 3 is 2.39 bits per heavy atom. The number of rotatable bonds is 7. The van der Waals surface area contributed by atoms with Gasteiger partial charge in [0.25, 0.3) is 5.91 Å². The Hall–Kier alpha value is -3.71. The Labute approximate surface area is 211 Å². The molecule has 2 heterocycles. The van der Waals surface area contributed by atoms with Crippen LogP contribution in [0.1, 0.15) is 42.9 Å². The van der Waals surface area contributed by atoms with Gasteiger partial charge in [-0.15, -0.1) is 0 Å². The predicted octanol–water partition coefficient (Wildman–Crippen LogP) is 3.91. The lowest BCUT2D eigenvalue weighted by molar-refractivity contribution is -0.134. The summed E-state index contributed by atoms with van der Waals surface area (Å²) in [7, 11) is 0. The number of likely N-dealkylation sites (tertiary alicyclic amines) is 1. The number of benzene rings is 3. The van der Waals surface area contributed by atoms with Crippen molar-refractivity contribution in [1.82, 2.24) is 20.4 Å². The van der Waals surface area contributed by atoms with Gasteiger partial charge in [-0.1, -0.05) is 67.1 Å². The summed E-state index contributed by atoms with van der Waals surface area (Å²) in [5.41, 5.74) is 1.71. The SMILES string of the molecule is CC1(c2ccc3ccccc3c2)NC(=O)N(CC(=O)NCc2ccccc2CN2CCCCC2)C1=O. The molecule has 5 rings (SSSR count). The highest BCUT2D eigenvalue weighted by Gasteiger charge is 2.49. The first-order chi connectivity index (χ1) is 17.4. The molecule has 7 heteroatoms. The molecule has 4 amide bonds. The highest BCUT2D eigenvalue weighted by atomic mass is 16.2. The third-order valence-electron chi connectivity index (χ3n) is 7.34. The Morgan fingerprint density at radius 1 is 0.917 bits per heavy atom. The molecular weight excluding hydrogens is 452 g/mol. The van der Waals surface area contributed by atoms with Gasteiger partial charge in [0.15, 0.2) is 0 Å². The molecule has 3 aromatic carbocycles. The van der Waals surface area contributed by atoms with E-state index in [0.717, 1.165) is 40.9 Å². The van der Waals surface area contributed by atoms with Crippen molar-refractivity contribution in [2.24, 2.45) is 0 Å². The molecule has 0 saturated carbocycles. The number of piperidine rings is 1. The van der Waals surface area contributed by atoms with Gasteiger partial charge < -0.3 is 10.6 Å². The van der Waals surface area contributed by atoms with Crippen molar-refractivity contribution in [3.05, 3.63) is 83.4 Å². The second-order valence-corrected chi connectivity index (χ2v) is 9.89. The number of nitrogens with one attached hydrogen (secondary N) is 2. The lowest BCUT2D eigenvalue weighted by Gasteiger charge is -2.27. The third kappa shape index (κ3) is 4.84. The van der Waals surface area contributed by atoms with Gasteiger partial charge in [-0.2, -0.15) is 0 Å². The molecule has 1 atom stereocenters. The molecule has 2 saturated heterocycles. The summed E-state index contributed by atoms with van der Waals surface area (Å²) in [6.45, 7) is 4.79. The van der Waals surface area contributed by atoms with Crippen LogP contribution in [0, 0.1) is 0 Å². The predicted molar refractivity (Wildman–Crippen MR) is 139 cm³/mol. The third-order valence-corrected chi connectivity index (χ3v) is 7.34. The topological polar surface area (TPSA) is 81.8 Å². The first kappa shape index (κ1) is 24.0. The number of fused-ring (bicyclic) bond motifs is 1. The summed E-state index contributed by atoms with van der Waals surface area (Å²) in [5.74, 6) is -0.794. The van der Waals surface area contributed by atoms with Crippen molar-refractivity contribution >= 4 is 28.6 Å². The Bertz CT molecular complexity index is 1300. The van der Waals surface area contributed by atoms with Crippen LogP contribution in [0.5, 0.6) is 0 Å². The van der Waals surface area contributed by atoms with E-state index in [1.807, 2.05) is 60.7 Å². The summed E-state index contributed by atoms with van der Waals surface area (Å²) < 4.78 is 0. The number of carbonyl (C=O) groups is 3. The first-order valence-electron chi connectivity index (χ1n) is 12.6. The minimum Gasteiger partial charge on any atom is -0.350 e. The molecular formula is C29H32N4O3. The van der Waals surface area contributed by atoms with Gasteiger partial charge in [0.05, 0.1) is 0 Å². The number of amides is 4. The smallest absolute Gasteiger partial charge is 0.325 e. The molecule has 0 aromatic heterocycles. The molecule has 2 fully saturated rings. The lowest BCUT2D eigenvalue weighted by atomic mass is 9.90. The molecule has 2 aliphatic heterocycles. The van der Waals surface area contributed by atoms with E-state index >= 15 is 0 Å². The summed E-state index contributed by atoms with van der Waals surface area (Å²) in [5, 5.41) is 7.74. The standard InChI is InChI=1S/C29H32N4O3/c1-29(25-14-13-21-9-3-4-10-22(21)17-25)27(35)33(28(36)31-29)20-26(34)30-18-23-11-5-6-12-24(23)19-32-15-7-2-8-16-32/h3-6,9-14,17H,2,7-8,15-16,18-20H2,1H3,(H,30,34)(H,31,36). The molecule has 36 heavy (non-hydrogen) atoms. The highest BCUT2D eigenvalue weighted by molar-refractivity contribution is 6.09. The molecule has 0 radical (unpaired) electrons. The van der Waals surface area contributed by atoms with Gasteiger partial charge in [-0.3, -0.25) is 19.4 Å². The van der Waals surface area contributed by atoms with Crippen molar-refractivity contribution in [1.29, 1.82) is 0 Å². The summed E-state index contributed by atoms with van der Waals surface area (Å²) in [4.78, 5) is 42.3.